The van der Waals surface area contributed by atoms with Gasteiger partial charge < -0.3 is 10.6 Å². The average Bonchev–Trinajstić information content (AvgIpc) is 2.77. The summed E-state index contributed by atoms with van der Waals surface area (Å²) in [6.45, 7) is 0. The minimum Gasteiger partial charge on any atom is -0.355 e. The van der Waals surface area contributed by atoms with Gasteiger partial charge in [-0.05, 0) is 24.3 Å². The van der Waals surface area contributed by atoms with Gasteiger partial charge in [0.15, 0.2) is 0 Å². The SMILES string of the molecule is c1ccc(Nc2c3ccccc3c(Nc3ccccc3)c3ccccc23)cc1. The van der Waals surface area contributed by atoms with E-state index in [2.05, 4.69) is 108 Å². The largest absolute Gasteiger partial charge is 0.355 e. The Balaban J connectivity index is 1.78. The van der Waals surface area contributed by atoms with Gasteiger partial charge in [-0.2, -0.15) is 0 Å². The lowest BCUT2D eigenvalue weighted by Crippen LogP contribution is -1.98. The highest BCUT2D eigenvalue weighted by Gasteiger charge is 2.14. The van der Waals surface area contributed by atoms with E-state index in [0.29, 0.717) is 0 Å². The second kappa shape index (κ2) is 7.09. The molecule has 0 amide bonds. The molecule has 0 aliphatic carbocycles. The van der Waals surface area contributed by atoms with Crippen molar-refractivity contribution in [3.8, 4) is 0 Å². The maximum atomic E-state index is 3.65. The highest BCUT2D eigenvalue weighted by molar-refractivity contribution is 6.20. The summed E-state index contributed by atoms with van der Waals surface area (Å²) in [5, 5.41) is 12.1. The van der Waals surface area contributed by atoms with Crippen molar-refractivity contribution >= 4 is 44.3 Å². The number of hydrogen-bond acceptors (Lipinski definition) is 2. The molecule has 5 aromatic rings. The van der Waals surface area contributed by atoms with Crippen LogP contribution in [0.5, 0.6) is 0 Å². The number of fused-ring (bicyclic) bond motifs is 2. The zero-order valence-electron chi connectivity index (χ0n) is 15.4. The Hall–Kier alpha value is -3.78. The predicted octanol–water partition coefficient (Wildman–Crippen LogP) is 7.48. The quantitative estimate of drug-likeness (QED) is 0.256. The molecule has 2 N–H and O–H groups in total. The summed E-state index contributed by atoms with van der Waals surface area (Å²) in [5.74, 6) is 0. The van der Waals surface area contributed by atoms with Gasteiger partial charge in [0.25, 0.3) is 0 Å². The predicted molar refractivity (Wildman–Crippen MR) is 121 cm³/mol. The Morgan fingerprint density at radius 1 is 0.321 bits per heavy atom. The Kier molecular flexibility index (Phi) is 4.15. The average molecular weight is 360 g/mol. The van der Waals surface area contributed by atoms with Gasteiger partial charge in [0.05, 0.1) is 11.4 Å². The fraction of sp³-hybridized carbons (Fsp3) is 0. The van der Waals surface area contributed by atoms with Crippen LogP contribution in [0.1, 0.15) is 0 Å². The first-order valence-electron chi connectivity index (χ1n) is 9.48. The Morgan fingerprint density at radius 2 is 0.607 bits per heavy atom. The van der Waals surface area contributed by atoms with Crippen LogP contribution < -0.4 is 10.6 Å². The number of para-hydroxylation sites is 2. The second-order valence-electron chi connectivity index (χ2n) is 6.82. The zero-order chi connectivity index (χ0) is 18.8. The first kappa shape index (κ1) is 16.4. The van der Waals surface area contributed by atoms with Gasteiger partial charge in [-0.1, -0.05) is 84.9 Å². The lowest BCUT2D eigenvalue weighted by Gasteiger charge is -2.19. The van der Waals surface area contributed by atoms with Crippen LogP contribution in [-0.2, 0) is 0 Å². The molecule has 0 fully saturated rings. The normalized spacial score (nSPS) is 10.9. The van der Waals surface area contributed by atoms with E-state index in [1.165, 1.54) is 21.5 Å². The van der Waals surface area contributed by atoms with Gasteiger partial charge in [0, 0.05) is 32.9 Å². The van der Waals surface area contributed by atoms with Crippen LogP contribution in [0.2, 0.25) is 0 Å². The molecule has 0 aliphatic rings. The zero-order valence-corrected chi connectivity index (χ0v) is 15.4. The van der Waals surface area contributed by atoms with Gasteiger partial charge >= 0.3 is 0 Å². The molecule has 0 aromatic heterocycles. The minimum absolute atomic E-state index is 1.08. The molecule has 2 nitrogen and oxygen atoms in total. The molecule has 0 bridgehead atoms. The molecule has 0 heterocycles. The summed E-state index contributed by atoms with van der Waals surface area (Å²) < 4.78 is 0. The van der Waals surface area contributed by atoms with Gasteiger partial charge in [0.2, 0.25) is 0 Å². The van der Waals surface area contributed by atoms with E-state index < -0.39 is 0 Å². The summed E-state index contributed by atoms with van der Waals surface area (Å²) in [6.07, 6.45) is 0. The number of nitrogens with one attached hydrogen (secondary N) is 2. The Bertz CT molecular complexity index is 1090. The third-order valence-electron chi connectivity index (χ3n) is 5.02. The third kappa shape index (κ3) is 2.95. The van der Waals surface area contributed by atoms with Crippen molar-refractivity contribution in [2.75, 3.05) is 10.6 Å². The van der Waals surface area contributed by atoms with Crippen LogP contribution in [0.15, 0.2) is 109 Å². The van der Waals surface area contributed by atoms with Crippen molar-refractivity contribution in [2.24, 2.45) is 0 Å². The summed E-state index contributed by atoms with van der Waals surface area (Å²) in [5.41, 5.74) is 4.44. The molecule has 28 heavy (non-hydrogen) atoms. The van der Waals surface area contributed by atoms with E-state index in [4.69, 9.17) is 0 Å². The number of anilines is 4. The van der Waals surface area contributed by atoms with Crippen molar-refractivity contribution in [1.82, 2.24) is 0 Å². The van der Waals surface area contributed by atoms with Crippen molar-refractivity contribution in [1.29, 1.82) is 0 Å². The van der Waals surface area contributed by atoms with E-state index in [0.717, 1.165) is 22.7 Å². The maximum Gasteiger partial charge on any atom is 0.0545 e. The van der Waals surface area contributed by atoms with Gasteiger partial charge in [-0.3, -0.25) is 0 Å². The molecule has 0 atom stereocenters. The second-order valence-corrected chi connectivity index (χ2v) is 6.82. The van der Waals surface area contributed by atoms with E-state index in [1.807, 2.05) is 12.1 Å². The molecule has 0 aliphatic heterocycles. The topological polar surface area (TPSA) is 24.1 Å². The molecule has 0 saturated heterocycles. The first-order chi connectivity index (χ1) is 13.9. The van der Waals surface area contributed by atoms with Crippen molar-refractivity contribution in [2.45, 2.75) is 0 Å². The van der Waals surface area contributed by atoms with E-state index in [1.54, 1.807) is 0 Å². The molecule has 5 rings (SSSR count). The van der Waals surface area contributed by atoms with Crippen molar-refractivity contribution < 1.29 is 0 Å². The van der Waals surface area contributed by atoms with Crippen LogP contribution in [0.25, 0.3) is 21.5 Å². The molecule has 0 radical (unpaired) electrons. The smallest absolute Gasteiger partial charge is 0.0545 e. The molecular weight excluding hydrogens is 340 g/mol. The third-order valence-corrected chi connectivity index (χ3v) is 5.02. The van der Waals surface area contributed by atoms with Crippen molar-refractivity contribution in [3.63, 3.8) is 0 Å². The van der Waals surface area contributed by atoms with E-state index in [9.17, 15) is 0 Å². The minimum atomic E-state index is 1.08. The molecule has 134 valence electrons. The fourth-order valence-corrected chi connectivity index (χ4v) is 3.73. The van der Waals surface area contributed by atoms with Crippen LogP contribution in [0.4, 0.5) is 22.7 Å². The van der Waals surface area contributed by atoms with Gasteiger partial charge in [-0.15, -0.1) is 0 Å². The van der Waals surface area contributed by atoms with Gasteiger partial charge in [-0.25, -0.2) is 0 Å². The lowest BCUT2D eigenvalue weighted by molar-refractivity contribution is 1.57. The summed E-state index contributed by atoms with van der Waals surface area (Å²) in [6, 6.07) is 37.8. The number of hydrogen-bond donors (Lipinski definition) is 2. The molecule has 0 unspecified atom stereocenters. The monoisotopic (exact) mass is 360 g/mol. The summed E-state index contributed by atoms with van der Waals surface area (Å²) >= 11 is 0. The summed E-state index contributed by atoms with van der Waals surface area (Å²) in [4.78, 5) is 0. The molecular formula is C26H20N2. The molecule has 0 saturated carbocycles. The Labute approximate surface area is 164 Å². The first-order valence-corrected chi connectivity index (χ1v) is 9.48. The van der Waals surface area contributed by atoms with E-state index in [-0.39, 0.29) is 0 Å². The van der Waals surface area contributed by atoms with Crippen LogP contribution >= 0.6 is 0 Å². The molecule has 0 spiro atoms. The highest BCUT2D eigenvalue weighted by atomic mass is 14.9. The highest BCUT2D eigenvalue weighted by Crippen LogP contribution is 2.41. The molecule has 5 aromatic carbocycles. The van der Waals surface area contributed by atoms with Gasteiger partial charge in [0.1, 0.15) is 0 Å². The number of rotatable bonds is 4. The Morgan fingerprint density at radius 3 is 0.929 bits per heavy atom. The maximum absolute atomic E-state index is 3.65. The molecule has 2 heteroatoms. The van der Waals surface area contributed by atoms with E-state index >= 15 is 0 Å². The lowest BCUT2D eigenvalue weighted by atomic mass is 9.98. The van der Waals surface area contributed by atoms with Crippen molar-refractivity contribution in [3.05, 3.63) is 109 Å². The summed E-state index contributed by atoms with van der Waals surface area (Å²) in [7, 11) is 0. The van der Waals surface area contributed by atoms with Crippen LogP contribution in [-0.4, -0.2) is 0 Å². The van der Waals surface area contributed by atoms with Crippen LogP contribution in [0, 0.1) is 0 Å². The number of benzene rings is 5. The fourth-order valence-electron chi connectivity index (χ4n) is 3.73. The standard InChI is InChI=1S/C26H20N2/c1-3-11-19(12-4-1)27-25-21-15-7-9-17-23(21)26(24-18-10-8-16-22(24)25)28-20-13-5-2-6-14-20/h1-18,27-28H. The van der Waals surface area contributed by atoms with Crippen LogP contribution in [0.3, 0.4) is 0 Å².